The van der Waals surface area contributed by atoms with Gasteiger partial charge in [-0.05, 0) is 22.8 Å². The van der Waals surface area contributed by atoms with Gasteiger partial charge in [0.1, 0.15) is 0 Å². The molecule has 0 spiro atoms. The lowest BCUT2D eigenvalue weighted by molar-refractivity contribution is -0.00826. The third kappa shape index (κ3) is 2.99. The first-order chi connectivity index (χ1) is 9.06. The molecule has 0 aliphatic carbocycles. The monoisotopic (exact) mass is 261 g/mol. The molecule has 0 amide bonds. The first-order valence-corrected chi connectivity index (χ1v) is 6.34. The summed E-state index contributed by atoms with van der Waals surface area (Å²) in [4.78, 5) is 0. The van der Waals surface area contributed by atoms with Crippen LogP contribution in [-0.4, -0.2) is 0 Å². The Hall–Kier alpha value is -1.74. The molecule has 100 valence electrons. The zero-order valence-electron chi connectivity index (χ0n) is 10.9. The van der Waals surface area contributed by atoms with Crippen LogP contribution in [0, 0.1) is 0 Å². The van der Waals surface area contributed by atoms with E-state index in [1.165, 1.54) is 19.1 Å². The van der Waals surface area contributed by atoms with Crippen LogP contribution in [-0.2, 0) is 12.5 Å². The molecule has 0 unspecified atom stereocenters. The van der Waals surface area contributed by atoms with Gasteiger partial charge in [-0.25, -0.2) is 8.78 Å². The first kappa shape index (κ1) is 13.7. The number of nitrogens with two attached hydrogens (primary N) is 1. The molecule has 2 rings (SSSR count). The van der Waals surface area contributed by atoms with Gasteiger partial charge in [0, 0.05) is 18.5 Å². The van der Waals surface area contributed by atoms with Crippen molar-refractivity contribution in [3.8, 4) is 11.1 Å². The molecule has 0 saturated carbocycles. The number of hydrogen-bond acceptors (Lipinski definition) is 1. The fourth-order valence-corrected chi connectivity index (χ4v) is 1.99. The zero-order valence-corrected chi connectivity index (χ0v) is 10.9. The molecule has 1 nitrogen and oxygen atoms in total. The maximum atomic E-state index is 13.5. The highest BCUT2D eigenvalue weighted by molar-refractivity contribution is 5.64. The summed E-state index contributed by atoms with van der Waals surface area (Å²) in [6.07, 6.45) is -0.186. The lowest BCUT2D eigenvalue weighted by atomic mass is 9.99. The molecular weight excluding hydrogens is 244 g/mol. The molecule has 3 heteroatoms. The van der Waals surface area contributed by atoms with E-state index in [1.807, 2.05) is 24.3 Å². The minimum Gasteiger partial charge on any atom is -0.326 e. The van der Waals surface area contributed by atoms with Crippen molar-refractivity contribution in [1.82, 2.24) is 0 Å². The first-order valence-electron chi connectivity index (χ1n) is 6.34. The summed E-state index contributed by atoms with van der Waals surface area (Å²) in [6.45, 7) is 1.96. The van der Waals surface area contributed by atoms with Crippen LogP contribution in [0.4, 0.5) is 8.78 Å². The number of rotatable bonds is 4. The van der Waals surface area contributed by atoms with Gasteiger partial charge in [-0.1, -0.05) is 49.4 Å². The molecule has 2 N–H and O–H groups in total. The van der Waals surface area contributed by atoms with E-state index >= 15 is 0 Å². The summed E-state index contributed by atoms with van der Waals surface area (Å²) in [6, 6.07) is 14.2. The minimum atomic E-state index is -2.75. The predicted octanol–water partition coefficient (Wildman–Crippen LogP) is 4.31. The van der Waals surface area contributed by atoms with Gasteiger partial charge in [-0.2, -0.15) is 0 Å². The molecule has 0 aliphatic rings. The van der Waals surface area contributed by atoms with Crippen molar-refractivity contribution in [1.29, 1.82) is 0 Å². The predicted molar refractivity (Wildman–Crippen MR) is 74.0 cm³/mol. The van der Waals surface area contributed by atoms with Crippen LogP contribution in [0.3, 0.4) is 0 Å². The Morgan fingerprint density at radius 3 is 2.26 bits per heavy atom. The Bertz CT molecular complexity index is 547. The molecule has 0 saturated heterocycles. The Morgan fingerprint density at radius 1 is 1.00 bits per heavy atom. The second-order valence-corrected chi connectivity index (χ2v) is 4.54. The summed E-state index contributed by atoms with van der Waals surface area (Å²) < 4.78 is 27.0. The SMILES string of the molecule is CCC(F)(F)c1ccc(-c2cccc(CN)c2)cc1. The Labute approximate surface area is 112 Å². The van der Waals surface area contributed by atoms with Crippen molar-refractivity contribution in [2.45, 2.75) is 25.8 Å². The van der Waals surface area contributed by atoms with E-state index in [0.29, 0.717) is 6.54 Å². The van der Waals surface area contributed by atoms with E-state index in [0.717, 1.165) is 16.7 Å². The van der Waals surface area contributed by atoms with Crippen LogP contribution in [0.15, 0.2) is 48.5 Å². The summed E-state index contributed by atoms with van der Waals surface area (Å²) in [5.74, 6) is -2.75. The molecule has 0 heterocycles. The van der Waals surface area contributed by atoms with Gasteiger partial charge in [0.25, 0.3) is 5.92 Å². The average molecular weight is 261 g/mol. The fourth-order valence-electron chi connectivity index (χ4n) is 1.99. The van der Waals surface area contributed by atoms with E-state index in [2.05, 4.69) is 0 Å². The van der Waals surface area contributed by atoms with Crippen LogP contribution in [0.1, 0.15) is 24.5 Å². The van der Waals surface area contributed by atoms with E-state index in [-0.39, 0.29) is 12.0 Å². The van der Waals surface area contributed by atoms with E-state index in [4.69, 9.17) is 5.73 Å². The maximum Gasteiger partial charge on any atom is 0.273 e. The van der Waals surface area contributed by atoms with Crippen molar-refractivity contribution in [2.75, 3.05) is 0 Å². The zero-order chi connectivity index (χ0) is 13.9. The number of halogens is 2. The van der Waals surface area contributed by atoms with Crippen LogP contribution in [0.25, 0.3) is 11.1 Å². The average Bonchev–Trinajstić information content (AvgIpc) is 2.47. The van der Waals surface area contributed by atoms with Gasteiger partial charge in [0.05, 0.1) is 0 Å². The van der Waals surface area contributed by atoms with Crippen LogP contribution in [0.2, 0.25) is 0 Å². The minimum absolute atomic E-state index is 0.0636. The van der Waals surface area contributed by atoms with Crippen molar-refractivity contribution in [3.63, 3.8) is 0 Å². The summed E-state index contributed by atoms with van der Waals surface area (Å²) in [7, 11) is 0. The fraction of sp³-hybridized carbons (Fsp3) is 0.250. The second-order valence-electron chi connectivity index (χ2n) is 4.54. The standard InChI is InChI=1S/C16H17F2N/c1-2-16(17,18)15-8-6-13(7-9-15)14-5-3-4-12(10-14)11-19/h3-10H,2,11,19H2,1H3. The molecule has 0 atom stereocenters. The quantitative estimate of drug-likeness (QED) is 0.871. The van der Waals surface area contributed by atoms with Gasteiger partial charge in [-0.15, -0.1) is 0 Å². The third-order valence-corrected chi connectivity index (χ3v) is 3.25. The van der Waals surface area contributed by atoms with E-state index < -0.39 is 5.92 Å². The molecule has 0 aromatic heterocycles. The highest BCUT2D eigenvalue weighted by atomic mass is 19.3. The second kappa shape index (κ2) is 5.49. The molecule has 0 fully saturated rings. The lowest BCUT2D eigenvalue weighted by Crippen LogP contribution is -2.10. The van der Waals surface area contributed by atoms with E-state index in [1.54, 1.807) is 12.1 Å². The molecule has 2 aromatic carbocycles. The Morgan fingerprint density at radius 2 is 1.68 bits per heavy atom. The van der Waals surface area contributed by atoms with E-state index in [9.17, 15) is 8.78 Å². The highest BCUT2D eigenvalue weighted by Gasteiger charge is 2.28. The van der Waals surface area contributed by atoms with Crippen molar-refractivity contribution in [3.05, 3.63) is 59.7 Å². The van der Waals surface area contributed by atoms with Crippen molar-refractivity contribution < 1.29 is 8.78 Å². The van der Waals surface area contributed by atoms with Crippen molar-refractivity contribution in [2.24, 2.45) is 5.73 Å². The van der Waals surface area contributed by atoms with Crippen molar-refractivity contribution >= 4 is 0 Å². The molecule has 0 aliphatic heterocycles. The van der Waals surface area contributed by atoms with Crippen LogP contribution >= 0.6 is 0 Å². The highest BCUT2D eigenvalue weighted by Crippen LogP contribution is 2.32. The Kier molecular flexibility index (Phi) is 3.96. The molecule has 0 radical (unpaired) electrons. The third-order valence-electron chi connectivity index (χ3n) is 3.25. The van der Waals surface area contributed by atoms with Gasteiger partial charge < -0.3 is 5.73 Å². The maximum absolute atomic E-state index is 13.5. The molecule has 2 aromatic rings. The number of alkyl halides is 2. The summed E-state index contributed by atoms with van der Waals surface area (Å²) >= 11 is 0. The Balaban J connectivity index is 2.32. The number of benzene rings is 2. The summed E-state index contributed by atoms with van der Waals surface area (Å²) in [5.41, 5.74) is 8.61. The molecule has 19 heavy (non-hydrogen) atoms. The van der Waals surface area contributed by atoms with Crippen LogP contribution < -0.4 is 5.73 Å². The van der Waals surface area contributed by atoms with Gasteiger partial charge in [0.2, 0.25) is 0 Å². The largest absolute Gasteiger partial charge is 0.326 e. The van der Waals surface area contributed by atoms with Gasteiger partial charge in [-0.3, -0.25) is 0 Å². The van der Waals surface area contributed by atoms with Gasteiger partial charge >= 0.3 is 0 Å². The summed E-state index contributed by atoms with van der Waals surface area (Å²) in [5, 5.41) is 0. The number of hydrogen-bond donors (Lipinski definition) is 1. The van der Waals surface area contributed by atoms with Crippen LogP contribution in [0.5, 0.6) is 0 Å². The molecular formula is C16H17F2N. The topological polar surface area (TPSA) is 26.0 Å². The molecule has 0 bridgehead atoms. The smallest absolute Gasteiger partial charge is 0.273 e. The lowest BCUT2D eigenvalue weighted by Gasteiger charge is -2.14. The van der Waals surface area contributed by atoms with Gasteiger partial charge in [0.15, 0.2) is 0 Å². The normalized spacial score (nSPS) is 11.6.